The maximum absolute atomic E-state index is 12.8. The van der Waals surface area contributed by atoms with Gasteiger partial charge in [0, 0.05) is 13.1 Å². The van der Waals surface area contributed by atoms with Crippen LogP contribution in [0.4, 0.5) is 8.78 Å². The molecule has 0 bridgehead atoms. The minimum atomic E-state index is -3.57. The zero-order valence-electron chi connectivity index (χ0n) is 8.30. The summed E-state index contributed by atoms with van der Waals surface area (Å²) in [6.07, 6.45) is -3.57. The second-order valence-corrected chi connectivity index (χ2v) is 4.09. The lowest BCUT2D eigenvalue weighted by molar-refractivity contribution is -0.286. The predicted octanol–water partition coefficient (Wildman–Crippen LogP) is 0.765. The summed E-state index contributed by atoms with van der Waals surface area (Å²) < 4.78 is 34.2. The van der Waals surface area contributed by atoms with Crippen molar-refractivity contribution in [2.75, 3.05) is 13.1 Å². The van der Waals surface area contributed by atoms with E-state index in [9.17, 15) is 8.78 Å². The Morgan fingerprint density at radius 1 is 1.19 bits per heavy atom. The highest BCUT2D eigenvalue weighted by atomic mass is 19.3. The number of halogens is 2. The largest absolute Gasteiger partial charge is 0.586 e. The summed E-state index contributed by atoms with van der Waals surface area (Å²) >= 11 is 0. The monoisotopic (exact) mass is 228 g/mol. The molecule has 1 fully saturated rings. The van der Waals surface area contributed by atoms with Crippen molar-refractivity contribution in [1.29, 1.82) is 0 Å². The maximum Gasteiger partial charge on any atom is 0.586 e. The molecule has 6 heteroatoms. The highest BCUT2D eigenvalue weighted by molar-refractivity contribution is 5.47. The third kappa shape index (κ3) is 1.34. The van der Waals surface area contributed by atoms with E-state index in [1.807, 2.05) is 0 Å². The van der Waals surface area contributed by atoms with Gasteiger partial charge in [0.05, 0.1) is 5.54 Å². The summed E-state index contributed by atoms with van der Waals surface area (Å²) in [5.41, 5.74) is 6.32. The van der Waals surface area contributed by atoms with Gasteiger partial charge in [-0.1, -0.05) is 6.07 Å². The molecular weight excluding hydrogens is 218 g/mol. The smallest absolute Gasteiger partial charge is 0.395 e. The first-order chi connectivity index (χ1) is 7.49. The standard InChI is InChI=1S/C10H10F2N2O2/c11-10(12)15-7-2-1-6(3-8(7)16-10)9(13)4-14-5-9/h1-3,14H,4-5,13H2. The number of fused-ring (bicyclic) bond motifs is 1. The second-order valence-electron chi connectivity index (χ2n) is 4.09. The van der Waals surface area contributed by atoms with Crippen LogP contribution < -0.4 is 20.5 Å². The van der Waals surface area contributed by atoms with Crippen molar-refractivity contribution in [3.8, 4) is 11.5 Å². The normalized spacial score (nSPS) is 23.9. The maximum atomic E-state index is 12.8. The molecule has 1 saturated heterocycles. The summed E-state index contributed by atoms with van der Waals surface area (Å²) in [5.74, 6) is 0.0869. The Balaban J connectivity index is 1.96. The van der Waals surface area contributed by atoms with Crippen LogP contribution in [-0.2, 0) is 5.54 Å². The average Bonchev–Trinajstić information content (AvgIpc) is 2.46. The molecule has 0 amide bonds. The Hall–Kier alpha value is -1.40. The molecule has 1 aromatic rings. The Labute approximate surface area is 90.3 Å². The molecule has 0 radical (unpaired) electrons. The quantitative estimate of drug-likeness (QED) is 0.745. The van der Waals surface area contributed by atoms with Crippen molar-refractivity contribution in [3.05, 3.63) is 23.8 Å². The van der Waals surface area contributed by atoms with Crippen LogP contribution in [0.15, 0.2) is 18.2 Å². The zero-order chi connectivity index (χ0) is 11.4. The topological polar surface area (TPSA) is 56.5 Å². The van der Waals surface area contributed by atoms with Crippen LogP contribution in [0.2, 0.25) is 0 Å². The Morgan fingerprint density at radius 3 is 2.50 bits per heavy atom. The van der Waals surface area contributed by atoms with E-state index in [1.54, 1.807) is 6.07 Å². The van der Waals surface area contributed by atoms with Gasteiger partial charge in [-0.2, -0.15) is 0 Å². The first-order valence-corrected chi connectivity index (χ1v) is 4.89. The molecule has 16 heavy (non-hydrogen) atoms. The van der Waals surface area contributed by atoms with Crippen molar-refractivity contribution in [2.45, 2.75) is 11.8 Å². The summed E-state index contributed by atoms with van der Waals surface area (Å²) in [5, 5.41) is 3.04. The van der Waals surface area contributed by atoms with E-state index >= 15 is 0 Å². The van der Waals surface area contributed by atoms with Gasteiger partial charge in [-0.25, -0.2) is 0 Å². The second kappa shape index (κ2) is 2.83. The number of rotatable bonds is 1. The minimum Gasteiger partial charge on any atom is -0.395 e. The molecule has 4 nitrogen and oxygen atoms in total. The molecule has 0 aromatic heterocycles. The van der Waals surface area contributed by atoms with E-state index in [0.717, 1.165) is 5.56 Å². The van der Waals surface area contributed by atoms with Gasteiger partial charge < -0.3 is 20.5 Å². The molecule has 2 aliphatic rings. The van der Waals surface area contributed by atoms with Gasteiger partial charge in [-0.15, -0.1) is 8.78 Å². The molecule has 0 atom stereocenters. The number of benzene rings is 1. The molecule has 0 unspecified atom stereocenters. The van der Waals surface area contributed by atoms with Crippen LogP contribution in [0, 0.1) is 0 Å². The number of nitrogens with one attached hydrogen (secondary N) is 1. The van der Waals surface area contributed by atoms with Crippen molar-refractivity contribution < 1.29 is 18.3 Å². The minimum absolute atomic E-state index is 0.0409. The van der Waals surface area contributed by atoms with Gasteiger partial charge in [0.2, 0.25) is 0 Å². The highest BCUT2D eigenvalue weighted by Crippen LogP contribution is 2.42. The van der Waals surface area contributed by atoms with Gasteiger partial charge in [0.25, 0.3) is 0 Å². The molecule has 0 saturated carbocycles. The Kier molecular flexibility index (Phi) is 1.74. The van der Waals surface area contributed by atoms with Crippen molar-refractivity contribution in [1.82, 2.24) is 5.32 Å². The fraction of sp³-hybridized carbons (Fsp3) is 0.400. The number of hydrogen-bond acceptors (Lipinski definition) is 4. The molecular formula is C10H10F2N2O2. The first-order valence-electron chi connectivity index (χ1n) is 4.89. The van der Waals surface area contributed by atoms with Gasteiger partial charge >= 0.3 is 6.29 Å². The Bertz CT molecular complexity index is 446. The van der Waals surface area contributed by atoms with Crippen LogP contribution in [-0.4, -0.2) is 19.4 Å². The fourth-order valence-corrected chi connectivity index (χ4v) is 1.86. The number of hydrogen-bond donors (Lipinski definition) is 2. The van der Waals surface area contributed by atoms with Crippen molar-refractivity contribution in [3.63, 3.8) is 0 Å². The molecule has 0 aliphatic carbocycles. The number of ether oxygens (including phenoxy) is 2. The lowest BCUT2D eigenvalue weighted by Gasteiger charge is -2.39. The van der Waals surface area contributed by atoms with E-state index in [1.165, 1.54) is 12.1 Å². The van der Waals surface area contributed by atoms with E-state index < -0.39 is 11.8 Å². The van der Waals surface area contributed by atoms with Gasteiger partial charge in [-0.05, 0) is 17.7 Å². The van der Waals surface area contributed by atoms with Crippen LogP contribution in [0.25, 0.3) is 0 Å². The van der Waals surface area contributed by atoms with E-state index in [4.69, 9.17) is 5.73 Å². The molecule has 0 spiro atoms. The fourth-order valence-electron chi connectivity index (χ4n) is 1.86. The van der Waals surface area contributed by atoms with Crippen molar-refractivity contribution >= 4 is 0 Å². The van der Waals surface area contributed by atoms with E-state index in [0.29, 0.717) is 13.1 Å². The Morgan fingerprint density at radius 2 is 1.88 bits per heavy atom. The van der Waals surface area contributed by atoms with Crippen LogP contribution >= 0.6 is 0 Å². The SMILES string of the molecule is NC1(c2ccc3c(c2)OC(F)(F)O3)CNC1. The molecule has 1 aromatic carbocycles. The summed E-state index contributed by atoms with van der Waals surface area (Å²) in [6.45, 7) is 1.26. The third-order valence-electron chi connectivity index (χ3n) is 2.86. The lowest BCUT2D eigenvalue weighted by atomic mass is 9.85. The molecule has 2 aliphatic heterocycles. The predicted molar refractivity (Wildman–Crippen MR) is 51.4 cm³/mol. The van der Waals surface area contributed by atoms with Crippen LogP contribution in [0.5, 0.6) is 11.5 Å². The van der Waals surface area contributed by atoms with Crippen molar-refractivity contribution in [2.24, 2.45) is 5.73 Å². The molecule has 86 valence electrons. The van der Waals surface area contributed by atoms with Gasteiger partial charge in [0.15, 0.2) is 11.5 Å². The lowest BCUT2D eigenvalue weighted by Crippen LogP contribution is -2.62. The molecule has 3 N–H and O–H groups in total. The average molecular weight is 228 g/mol. The molecule has 2 heterocycles. The third-order valence-corrected chi connectivity index (χ3v) is 2.86. The van der Waals surface area contributed by atoms with E-state index in [2.05, 4.69) is 14.8 Å². The summed E-state index contributed by atoms with van der Waals surface area (Å²) in [6, 6.07) is 4.65. The molecule has 3 rings (SSSR count). The highest BCUT2D eigenvalue weighted by Gasteiger charge is 2.44. The van der Waals surface area contributed by atoms with E-state index in [-0.39, 0.29) is 11.5 Å². The zero-order valence-corrected chi connectivity index (χ0v) is 8.30. The summed E-state index contributed by atoms with van der Waals surface area (Å²) in [7, 11) is 0. The first kappa shape index (κ1) is 9.80. The van der Waals surface area contributed by atoms with Crippen LogP contribution in [0.1, 0.15) is 5.56 Å². The summed E-state index contributed by atoms with van der Waals surface area (Å²) in [4.78, 5) is 0. The van der Waals surface area contributed by atoms with Gasteiger partial charge in [0.1, 0.15) is 0 Å². The number of alkyl halides is 2. The van der Waals surface area contributed by atoms with Gasteiger partial charge in [-0.3, -0.25) is 0 Å². The van der Waals surface area contributed by atoms with Crippen LogP contribution in [0.3, 0.4) is 0 Å². The number of nitrogens with two attached hydrogens (primary N) is 1.